The number of carbonyl (C=O) groups is 2. The van der Waals surface area contributed by atoms with Gasteiger partial charge >= 0.3 is 0 Å². The number of rotatable bonds is 5. The first-order chi connectivity index (χ1) is 21.0. The monoisotopic (exact) mass is 595 g/mol. The summed E-state index contributed by atoms with van der Waals surface area (Å²) in [5.41, 5.74) is 7.24. The average Bonchev–Trinajstić information content (AvgIpc) is 3.64. The van der Waals surface area contributed by atoms with Gasteiger partial charge in [-0.15, -0.1) is 0 Å². The molecule has 0 radical (unpaired) electrons. The molecular weight excluding hydrogens is 558 g/mol. The van der Waals surface area contributed by atoms with E-state index in [-0.39, 0.29) is 29.4 Å². The van der Waals surface area contributed by atoms with E-state index < -0.39 is 0 Å². The number of aliphatic hydroxyl groups excluding tert-OH is 1. The molecule has 0 atom stereocenters. The Morgan fingerprint density at radius 2 is 1.89 bits per heavy atom. The quantitative estimate of drug-likeness (QED) is 0.365. The van der Waals surface area contributed by atoms with Gasteiger partial charge in [-0.05, 0) is 53.6 Å². The first-order valence-electron chi connectivity index (χ1n) is 15.1. The summed E-state index contributed by atoms with van der Waals surface area (Å²) >= 11 is 0. The molecule has 0 aromatic carbocycles. The summed E-state index contributed by atoms with van der Waals surface area (Å²) in [4.78, 5) is 46.9. The van der Waals surface area contributed by atoms with Gasteiger partial charge in [-0.2, -0.15) is 0 Å². The van der Waals surface area contributed by atoms with Gasteiger partial charge < -0.3 is 29.0 Å². The zero-order valence-corrected chi connectivity index (χ0v) is 25.6. The Morgan fingerprint density at radius 1 is 1.07 bits per heavy atom. The van der Waals surface area contributed by atoms with E-state index in [1.165, 1.54) is 15.8 Å². The topological polar surface area (TPSA) is 118 Å². The molecule has 3 aliphatic rings. The summed E-state index contributed by atoms with van der Waals surface area (Å²) in [6.45, 7) is 8.75. The van der Waals surface area contributed by atoms with E-state index in [2.05, 4.69) is 33.3 Å². The molecular formula is C33H37N7O4. The maximum atomic E-state index is 13.8. The Balaban J connectivity index is 1.21. The number of hydrogen-bond acceptors (Lipinski definition) is 6. The molecule has 11 heteroatoms. The lowest BCUT2D eigenvalue weighted by molar-refractivity contribution is -0.130. The number of amides is 2. The van der Waals surface area contributed by atoms with Crippen LogP contribution in [0.3, 0.4) is 0 Å². The zero-order chi connectivity index (χ0) is 30.9. The van der Waals surface area contributed by atoms with E-state index in [0.29, 0.717) is 66.6 Å². The van der Waals surface area contributed by atoms with E-state index in [1.807, 2.05) is 18.3 Å². The normalized spacial score (nSPS) is 17.0. The Morgan fingerprint density at radius 3 is 2.66 bits per heavy atom. The lowest BCUT2D eigenvalue weighted by Gasteiger charge is -2.31. The van der Waals surface area contributed by atoms with Gasteiger partial charge in [-0.1, -0.05) is 13.8 Å². The van der Waals surface area contributed by atoms with E-state index in [4.69, 9.17) is 0 Å². The Labute approximate surface area is 255 Å². The number of nitrogens with one attached hydrogen (secondary N) is 1. The molecule has 2 amide bonds. The number of carbonyl (C=O) groups excluding carboxylic acids is 2. The van der Waals surface area contributed by atoms with Crippen molar-refractivity contribution in [2.45, 2.75) is 59.9 Å². The third kappa shape index (κ3) is 4.62. The third-order valence-electron chi connectivity index (χ3n) is 9.24. The van der Waals surface area contributed by atoms with Crippen LogP contribution in [0.15, 0.2) is 47.7 Å². The maximum Gasteiger partial charge on any atom is 0.276 e. The van der Waals surface area contributed by atoms with E-state index >= 15 is 0 Å². The highest BCUT2D eigenvalue weighted by Crippen LogP contribution is 2.40. The molecule has 0 saturated heterocycles. The molecule has 0 saturated carbocycles. The number of fused-ring (bicyclic) bond motifs is 4. The van der Waals surface area contributed by atoms with Crippen LogP contribution in [0, 0.1) is 5.41 Å². The number of anilines is 3. The van der Waals surface area contributed by atoms with Gasteiger partial charge in [0, 0.05) is 81.3 Å². The second-order valence-electron chi connectivity index (χ2n) is 13.0. The second kappa shape index (κ2) is 10.2. The molecule has 2 N–H and O–H groups in total. The largest absolute Gasteiger partial charge is 0.392 e. The summed E-state index contributed by atoms with van der Waals surface area (Å²) in [6.07, 6.45) is 7.25. The van der Waals surface area contributed by atoms with Crippen molar-refractivity contribution in [3.05, 3.63) is 81.4 Å². The van der Waals surface area contributed by atoms with Crippen molar-refractivity contribution in [1.29, 1.82) is 0 Å². The predicted molar refractivity (Wildman–Crippen MR) is 167 cm³/mol. The van der Waals surface area contributed by atoms with Gasteiger partial charge in [0.1, 0.15) is 17.2 Å². The number of aryl methyl sites for hydroxylation is 1. The molecule has 4 aromatic heterocycles. The van der Waals surface area contributed by atoms with Crippen molar-refractivity contribution in [1.82, 2.24) is 23.6 Å². The number of nitrogens with zero attached hydrogens (tertiary/aromatic N) is 6. The molecule has 11 nitrogen and oxygen atoms in total. The van der Waals surface area contributed by atoms with Gasteiger partial charge in [0.2, 0.25) is 5.91 Å². The molecule has 7 rings (SSSR count). The van der Waals surface area contributed by atoms with Gasteiger partial charge in [-0.25, -0.2) is 4.98 Å². The number of hydrogen-bond donors (Lipinski definition) is 2. The minimum atomic E-state index is -0.321. The summed E-state index contributed by atoms with van der Waals surface area (Å²) in [5.74, 6) is 0.353. The van der Waals surface area contributed by atoms with Crippen molar-refractivity contribution in [3.63, 3.8) is 0 Å². The number of aromatic nitrogens is 4. The average molecular weight is 596 g/mol. The molecule has 0 unspecified atom stereocenters. The van der Waals surface area contributed by atoms with Crippen LogP contribution in [0.1, 0.15) is 53.8 Å². The fraction of sp³-hybridized carbons (Fsp3) is 0.394. The number of aliphatic hydroxyl groups is 1. The summed E-state index contributed by atoms with van der Waals surface area (Å²) in [5, 5.41) is 13.9. The Kier molecular flexibility index (Phi) is 6.54. The standard InChI is InChI=1S/C33H37N7O4/c1-20(42)37-7-8-38-17-23(13-24(38)18-37)35-27-11-22(16-36(4)31(27)43)25-5-6-34-30(26(25)19-41)40-10-9-39-28(32(40)44)12-21-14-33(2,3)15-29(21)39/h5-6,11-13,16-17,35,41H,7-10,14-15,18-19H2,1-4H3. The van der Waals surface area contributed by atoms with Gasteiger partial charge in [0.25, 0.3) is 11.5 Å². The van der Waals surface area contributed by atoms with E-state index in [0.717, 1.165) is 24.2 Å². The van der Waals surface area contributed by atoms with Crippen LogP contribution in [-0.2, 0) is 50.9 Å². The lowest BCUT2D eigenvalue weighted by Crippen LogP contribution is -2.41. The van der Waals surface area contributed by atoms with Crippen LogP contribution in [-0.4, -0.2) is 53.6 Å². The lowest BCUT2D eigenvalue weighted by atomic mass is 9.90. The molecule has 2 aliphatic heterocycles. The van der Waals surface area contributed by atoms with E-state index in [1.54, 1.807) is 48.3 Å². The Hall–Kier alpha value is -4.64. The highest BCUT2D eigenvalue weighted by atomic mass is 16.3. The smallest absolute Gasteiger partial charge is 0.276 e. The minimum Gasteiger partial charge on any atom is -0.392 e. The SMILES string of the molecule is CC(=O)N1CCn2cc(Nc3cc(-c4ccnc(N5CCn6c(cc7c6CC(C)(C)C7)C5=O)c4CO)cn(C)c3=O)cc2C1. The van der Waals surface area contributed by atoms with Crippen molar-refractivity contribution >= 4 is 29.0 Å². The summed E-state index contributed by atoms with van der Waals surface area (Å²) in [7, 11) is 1.69. The minimum absolute atomic E-state index is 0.0397. The molecule has 0 fully saturated rings. The highest BCUT2D eigenvalue weighted by molar-refractivity contribution is 6.06. The van der Waals surface area contributed by atoms with Gasteiger partial charge in [0.15, 0.2) is 0 Å². The Bertz CT molecular complexity index is 1900. The second-order valence-corrected chi connectivity index (χ2v) is 13.0. The predicted octanol–water partition coefficient (Wildman–Crippen LogP) is 3.43. The first kappa shape index (κ1) is 28.1. The first-order valence-corrected chi connectivity index (χ1v) is 15.1. The van der Waals surface area contributed by atoms with Crippen molar-refractivity contribution in [3.8, 4) is 11.1 Å². The molecule has 0 bridgehead atoms. The van der Waals surface area contributed by atoms with Gasteiger partial charge in [0.05, 0.1) is 18.8 Å². The van der Waals surface area contributed by atoms with Crippen LogP contribution >= 0.6 is 0 Å². The molecule has 1 aliphatic carbocycles. The fourth-order valence-corrected chi connectivity index (χ4v) is 7.09. The van der Waals surface area contributed by atoms with Crippen LogP contribution in [0.5, 0.6) is 0 Å². The zero-order valence-electron chi connectivity index (χ0n) is 25.6. The third-order valence-corrected chi connectivity index (χ3v) is 9.24. The molecule has 0 spiro atoms. The number of pyridine rings is 2. The molecule has 44 heavy (non-hydrogen) atoms. The van der Waals surface area contributed by atoms with Crippen molar-refractivity contribution in [2.75, 3.05) is 23.3 Å². The molecule has 228 valence electrons. The highest BCUT2D eigenvalue weighted by Gasteiger charge is 2.37. The van der Waals surface area contributed by atoms with Crippen LogP contribution in [0.25, 0.3) is 11.1 Å². The van der Waals surface area contributed by atoms with Crippen molar-refractivity contribution in [2.24, 2.45) is 12.5 Å². The summed E-state index contributed by atoms with van der Waals surface area (Å²) in [6, 6.07) is 7.57. The molecule has 6 heterocycles. The fourth-order valence-electron chi connectivity index (χ4n) is 7.09. The summed E-state index contributed by atoms with van der Waals surface area (Å²) < 4.78 is 5.76. The van der Waals surface area contributed by atoms with Crippen LogP contribution < -0.4 is 15.8 Å². The maximum absolute atomic E-state index is 13.8. The molecule has 4 aromatic rings. The van der Waals surface area contributed by atoms with Gasteiger partial charge in [-0.3, -0.25) is 19.3 Å². The van der Waals surface area contributed by atoms with Crippen molar-refractivity contribution < 1.29 is 14.7 Å². The van der Waals surface area contributed by atoms with E-state index in [9.17, 15) is 19.5 Å². The van der Waals surface area contributed by atoms with Crippen LogP contribution in [0.4, 0.5) is 17.2 Å². The van der Waals surface area contributed by atoms with Crippen LogP contribution in [0.2, 0.25) is 0 Å².